The summed E-state index contributed by atoms with van der Waals surface area (Å²) in [5.74, 6) is 0.182. The maximum absolute atomic E-state index is 12.5. The molecular weight excluding hydrogens is 304 g/mol. The first-order valence-corrected chi connectivity index (χ1v) is 9.74. The van der Waals surface area contributed by atoms with Crippen molar-refractivity contribution in [3.63, 3.8) is 0 Å². The van der Waals surface area contributed by atoms with Gasteiger partial charge in [-0.15, -0.1) is 0 Å². The predicted molar refractivity (Wildman–Crippen MR) is 95.1 cm³/mol. The third kappa shape index (κ3) is 4.48. The van der Waals surface area contributed by atoms with Crippen LogP contribution in [0, 0.1) is 0 Å². The molecule has 6 heteroatoms. The maximum atomic E-state index is 12.5. The number of rotatable bonds is 5. The second kappa shape index (κ2) is 8.61. The van der Waals surface area contributed by atoms with Crippen LogP contribution in [0.25, 0.3) is 0 Å². The van der Waals surface area contributed by atoms with E-state index in [1.807, 2.05) is 0 Å². The second-order valence-electron chi connectivity index (χ2n) is 7.68. The number of nitrogens with one attached hydrogen (secondary N) is 2. The molecule has 0 aromatic rings. The van der Waals surface area contributed by atoms with E-state index in [0.29, 0.717) is 12.6 Å². The summed E-state index contributed by atoms with van der Waals surface area (Å²) in [4.78, 5) is 17.4. The number of ether oxygens (including phenoxy) is 1. The van der Waals surface area contributed by atoms with Crippen molar-refractivity contribution in [3.05, 3.63) is 0 Å². The van der Waals surface area contributed by atoms with Gasteiger partial charge in [0.15, 0.2) is 0 Å². The fourth-order valence-corrected chi connectivity index (χ4v) is 4.47. The lowest BCUT2D eigenvalue weighted by molar-refractivity contribution is -0.124. The van der Waals surface area contributed by atoms with Crippen LogP contribution < -0.4 is 10.6 Å². The fraction of sp³-hybridized carbons (Fsp3) is 0.944. The molecule has 0 radical (unpaired) electrons. The normalized spacial score (nSPS) is 29.3. The molecule has 6 nitrogen and oxygen atoms in total. The number of hydrogen-bond acceptors (Lipinski definition) is 5. The van der Waals surface area contributed by atoms with E-state index in [0.717, 1.165) is 52.5 Å². The third-order valence-electron chi connectivity index (χ3n) is 6.07. The summed E-state index contributed by atoms with van der Waals surface area (Å²) in [5.41, 5.74) is 0.159. The SMILES string of the molecule is C[C@H]1CNCCN1CC(=O)NCC1(N2CCOCC2)CCCCC1. The van der Waals surface area contributed by atoms with Gasteiger partial charge in [-0.05, 0) is 19.8 Å². The molecule has 138 valence electrons. The van der Waals surface area contributed by atoms with E-state index in [-0.39, 0.29) is 11.4 Å². The molecule has 0 aromatic carbocycles. The van der Waals surface area contributed by atoms with Crippen molar-refractivity contribution in [2.75, 3.05) is 59.0 Å². The van der Waals surface area contributed by atoms with Crippen LogP contribution in [0.5, 0.6) is 0 Å². The Morgan fingerprint density at radius 2 is 1.96 bits per heavy atom. The summed E-state index contributed by atoms with van der Waals surface area (Å²) in [5, 5.41) is 6.65. The highest BCUT2D eigenvalue weighted by Gasteiger charge is 2.38. The van der Waals surface area contributed by atoms with Gasteiger partial charge >= 0.3 is 0 Å². The van der Waals surface area contributed by atoms with E-state index in [4.69, 9.17) is 4.74 Å². The predicted octanol–water partition coefficient (Wildman–Crippen LogP) is 0.431. The number of nitrogens with zero attached hydrogens (tertiary/aromatic N) is 2. The van der Waals surface area contributed by atoms with Crippen molar-refractivity contribution in [2.24, 2.45) is 0 Å². The first-order chi connectivity index (χ1) is 11.7. The standard InChI is InChI=1S/C18H34N4O2/c1-16-13-19-7-8-21(16)14-17(23)20-15-18(5-3-2-4-6-18)22-9-11-24-12-10-22/h16,19H,2-15H2,1H3,(H,20,23)/t16-/m0/s1. The molecule has 2 heterocycles. The molecule has 2 aliphatic heterocycles. The van der Waals surface area contributed by atoms with E-state index in [2.05, 4.69) is 27.4 Å². The third-order valence-corrected chi connectivity index (χ3v) is 6.07. The second-order valence-corrected chi connectivity index (χ2v) is 7.68. The lowest BCUT2D eigenvalue weighted by Crippen LogP contribution is -2.60. The number of carbonyl (C=O) groups excluding carboxylic acids is 1. The average Bonchev–Trinajstić information content (AvgIpc) is 2.63. The Balaban J connectivity index is 1.53. The van der Waals surface area contributed by atoms with Crippen LogP contribution >= 0.6 is 0 Å². The molecule has 3 fully saturated rings. The summed E-state index contributed by atoms with van der Waals surface area (Å²) in [6.07, 6.45) is 6.30. The summed E-state index contributed by atoms with van der Waals surface area (Å²) in [7, 11) is 0. The molecule has 2 saturated heterocycles. The first kappa shape index (κ1) is 18.1. The summed E-state index contributed by atoms with van der Waals surface area (Å²) >= 11 is 0. The number of piperazine rings is 1. The zero-order valence-electron chi connectivity index (χ0n) is 15.2. The Morgan fingerprint density at radius 3 is 2.67 bits per heavy atom. The van der Waals surface area contributed by atoms with Crippen molar-refractivity contribution < 1.29 is 9.53 Å². The van der Waals surface area contributed by atoms with Gasteiger partial charge in [-0.25, -0.2) is 0 Å². The Bertz CT molecular complexity index is 406. The topological polar surface area (TPSA) is 56.8 Å². The molecule has 3 aliphatic rings. The molecule has 1 atom stereocenters. The van der Waals surface area contributed by atoms with E-state index < -0.39 is 0 Å². The molecule has 1 amide bonds. The highest BCUT2D eigenvalue weighted by atomic mass is 16.5. The van der Waals surface area contributed by atoms with Gasteiger partial charge in [-0.1, -0.05) is 19.3 Å². The van der Waals surface area contributed by atoms with Gasteiger partial charge in [0.2, 0.25) is 5.91 Å². The number of hydrogen-bond donors (Lipinski definition) is 2. The zero-order chi connectivity index (χ0) is 16.8. The minimum absolute atomic E-state index is 0.159. The van der Waals surface area contributed by atoms with Crippen molar-refractivity contribution in [3.8, 4) is 0 Å². The smallest absolute Gasteiger partial charge is 0.234 e. The monoisotopic (exact) mass is 338 g/mol. The molecule has 0 unspecified atom stereocenters. The van der Waals surface area contributed by atoms with Crippen LogP contribution in [0.4, 0.5) is 0 Å². The largest absolute Gasteiger partial charge is 0.379 e. The zero-order valence-corrected chi connectivity index (χ0v) is 15.2. The summed E-state index contributed by atoms with van der Waals surface area (Å²) in [6.45, 7) is 10.1. The first-order valence-electron chi connectivity index (χ1n) is 9.74. The molecule has 3 rings (SSSR count). The van der Waals surface area contributed by atoms with Gasteiger partial charge in [0.05, 0.1) is 19.8 Å². The Kier molecular flexibility index (Phi) is 6.49. The van der Waals surface area contributed by atoms with E-state index in [9.17, 15) is 4.79 Å². The molecule has 2 N–H and O–H groups in total. The number of morpholine rings is 1. The molecule has 0 bridgehead atoms. The summed E-state index contributed by atoms with van der Waals surface area (Å²) in [6, 6.07) is 0.437. The van der Waals surface area contributed by atoms with Crippen LogP contribution in [-0.4, -0.2) is 86.3 Å². The lowest BCUT2D eigenvalue weighted by Gasteiger charge is -2.48. The van der Waals surface area contributed by atoms with Gasteiger partial charge in [0.25, 0.3) is 0 Å². The van der Waals surface area contributed by atoms with E-state index in [1.54, 1.807) is 0 Å². The molecule has 0 aromatic heterocycles. The van der Waals surface area contributed by atoms with Gasteiger partial charge in [-0.2, -0.15) is 0 Å². The van der Waals surface area contributed by atoms with E-state index >= 15 is 0 Å². The summed E-state index contributed by atoms with van der Waals surface area (Å²) < 4.78 is 5.53. The number of carbonyl (C=O) groups is 1. The Labute approximate surface area is 146 Å². The maximum Gasteiger partial charge on any atom is 0.234 e. The van der Waals surface area contributed by atoms with Crippen LogP contribution in [-0.2, 0) is 9.53 Å². The van der Waals surface area contributed by atoms with E-state index in [1.165, 1.54) is 32.1 Å². The Morgan fingerprint density at radius 1 is 1.21 bits per heavy atom. The molecule has 0 spiro atoms. The lowest BCUT2D eigenvalue weighted by atomic mass is 9.79. The van der Waals surface area contributed by atoms with Crippen LogP contribution in [0.1, 0.15) is 39.0 Å². The fourth-order valence-electron chi connectivity index (χ4n) is 4.47. The van der Waals surface area contributed by atoms with Crippen LogP contribution in [0.15, 0.2) is 0 Å². The minimum atomic E-state index is 0.159. The van der Waals surface area contributed by atoms with Crippen molar-refractivity contribution in [2.45, 2.75) is 50.6 Å². The number of amides is 1. The molecule has 1 saturated carbocycles. The average molecular weight is 338 g/mol. The van der Waals surface area contributed by atoms with Gasteiger partial charge in [0, 0.05) is 50.8 Å². The van der Waals surface area contributed by atoms with Gasteiger partial charge < -0.3 is 15.4 Å². The van der Waals surface area contributed by atoms with Crippen LogP contribution in [0.3, 0.4) is 0 Å². The van der Waals surface area contributed by atoms with Crippen molar-refractivity contribution >= 4 is 5.91 Å². The van der Waals surface area contributed by atoms with Crippen molar-refractivity contribution in [1.82, 2.24) is 20.4 Å². The molecule has 1 aliphatic carbocycles. The highest BCUT2D eigenvalue weighted by Crippen LogP contribution is 2.33. The van der Waals surface area contributed by atoms with Gasteiger partial charge in [0.1, 0.15) is 0 Å². The molecule has 24 heavy (non-hydrogen) atoms. The van der Waals surface area contributed by atoms with Crippen molar-refractivity contribution in [1.29, 1.82) is 0 Å². The Hall–Kier alpha value is -0.690. The molecular formula is C18H34N4O2. The quantitative estimate of drug-likeness (QED) is 0.761. The minimum Gasteiger partial charge on any atom is -0.379 e. The highest BCUT2D eigenvalue weighted by molar-refractivity contribution is 5.78. The van der Waals surface area contributed by atoms with Crippen LogP contribution in [0.2, 0.25) is 0 Å². The van der Waals surface area contributed by atoms with Gasteiger partial charge in [-0.3, -0.25) is 14.6 Å².